The van der Waals surface area contributed by atoms with E-state index in [0.717, 1.165) is 25.2 Å². The van der Waals surface area contributed by atoms with Crippen LogP contribution in [0.4, 0.5) is 0 Å². The average molecular weight is 419 g/mol. The summed E-state index contributed by atoms with van der Waals surface area (Å²) in [7, 11) is -3.56. The number of hydrogen-bond acceptors (Lipinski definition) is 5. The molecule has 1 saturated heterocycles. The molecule has 0 aliphatic carbocycles. The van der Waals surface area contributed by atoms with E-state index in [1.807, 2.05) is 37.3 Å². The van der Waals surface area contributed by atoms with Gasteiger partial charge in [0.25, 0.3) is 0 Å². The fraction of sp³-hybridized carbons (Fsp3) is 0.455. The highest BCUT2D eigenvalue weighted by Gasteiger charge is 2.24. The Morgan fingerprint density at radius 3 is 1.93 bits per heavy atom. The van der Waals surface area contributed by atoms with E-state index >= 15 is 0 Å². The van der Waals surface area contributed by atoms with Crippen molar-refractivity contribution in [3.05, 3.63) is 65.7 Å². The Kier molecular flexibility index (Phi) is 8.20. The molecule has 0 unspecified atom stereocenters. The second kappa shape index (κ2) is 10.8. The SMILES string of the molecule is Cc1ccc(S(=O)(=O)N2CCOCCN(Cc3ccccc3)CCOCC2)cc1. The Morgan fingerprint density at radius 2 is 1.34 bits per heavy atom. The molecule has 158 valence electrons. The van der Waals surface area contributed by atoms with E-state index in [4.69, 9.17) is 9.47 Å². The smallest absolute Gasteiger partial charge is 0.243 e. The lowest BCUT2D eigenvalue weighted by Gasteiger charge is -2.26. The zero-order valence-electron chi connectivity index (χ0n) is 17.0. The molecule has 0 bridgehead atoms. The zero-order chi connectivity index (χ0) is 20.5. The van der Waals surface area contributed by atoms with E-state index in [1.54, 1.807) is 12.1 Å². The first-order valence-corrected chi connectivity index (χ1v) is 11.5. The normalized spacial score (nSPS) is 18.7. The zero-order valence-corrected chi connectivity index (χ0v) is 17.8. The molecule has 1 fully saturated rings. The lowest BCUT2D eigenvalue weighted by Crippen LogP contribution is -2.38. The molecular formula is C22H30N2O4S. The predicted octanol–water partition coefficient (Wildman–Crippen LogP) is 2.53. The Labute approximate surface area is 174 Å². The van der Waals surface area contributed by atoms with Crippen LogP contribution in [-0.4, -0.2) is 70.2 Å². The minimum absolute atomic E-state index is 0.309. The fourth-order valence-electron chi connectivity index (χ4n) is 3.25. The van der Waals surface area contributed by atoms with Gasteiger partial charge in [0.1, 0.15) is 0 Å². The molecule has 1 aliphatic rings. The molecule has 7 heteroatoms. The Bertz CT molecular complexity index is 827. The van der Waals surface area contributed by atoms with E-state index in [1.165, 1.54) is 9.87 Å². The van der Waals surface area contributed by atoms with Crippen molar-refractivity contribution in [1.29, 1.82) is 0 Å². The summed E-state index contributed by atoms with van der Waals surface area (Å²) in [6.45, 7) is 6.84. The van der Waals surface area contributed by atoms with Gasteiger partial charge < -0.3 is 9.47 Å². The maximum Gasteiger partial charge on any atom is 0.243 e. The van der Waals surface area contributed by atoms with Gasteiger partial charge in [-0.15, -0.1) is 0 Å². The van der Waals surface area contributed by atoms with Gasteiger partial charge >= 0.3 is 0 Å². The first kappa shape index (κ1) is 21.9. The van der Waals surface area contributed by atoms with Crippen LogP contribution in [0.5, 0.6) is 0 Å². The van der Waals surface area contributed by atoms with Crippen molar-refractivity contribution in [2.24, 2.45) is 0 Å². The molecule has 0 spiro atoms. The van der Waals surface area contributed by atoms with Crippen molar-refractivity contribution in [2.45, 2.75) is 18.4 Å². The van der Waals surface area contributed by atoms with Crippen molar-refractivity contribution < 1.29 is 17.9 Å². The first-order valence-electron chi connectivity index (χ1n) is 10.0. The quantitative estimate of drug-likeness (QED) is 0.764. The highest BCUT2D eigenvalue weighted by molar-refractivity contribution is 7.89. The molecule has 0 N–H and O–H groups in total. The number of nitrogens with zero attached hydrogens (tertiary/aromatic N) is 2. The molecule has 3 rings (SSSR count). The number of aryl methyl sites for hydroxylation is 1. The van der Waals surface area contributed by atoms with E-state index in [-0.39, 0.29) is 0 Å². The lowest BCUT2D eigenvalue weighted by molar-refractivity contribution is 0.0512. The Hall–Kier alpha value is -1.77. The largest absolute Gasteiger partial charge is 0.379 e. The monoisotopic (exact) mass is 418 g/mol. The van der Waals surface area contributed by atoms with Crippen LogP contribution in [0.15, 0.2) is 59.5 Å². The second-order valence-electron chi connectivity index (χ2n) is 7.20. The van der Waals surface area contributed by atoms with Gasteiger partial charge in [0.2, 0.25) is 10.0 Å². The molecule has 2 aromatic carbocycles. The van der Waals surface area contributed by atoms with Crippen LogP contribution in [0.1, 0.15) is 11.1 Å². The number of hydrogen-bond donors (Lipinski definition) is 0. The van der Waals surface area contributed by atoms with E-state index in [2.05, 4.69) is 17.0 Å². The number of sulfonamides is 1. The second-order valence-corrected chi connectivity index (χ2v) is 9.14. The number of rotatable bonds is 4. The standard InChI is InChI=1S/C22H30N2O4S/c1-20-7-9-22(10-8-20)29(25,26)24-13-17-27-15-11-23(12-16-28-18-14-24)19-21-5-3-2-4-6-21/h2-10H,11-19H2,1H3. The minimum Gasteiger partial charge on any atom is -0.379 e. The van der Waals surface area contributed by atoms with Crippen LogP contribution in [0.2, 0.25) is 0 Å². The van der Waals surface area contributed by atoms with Gasteiger partial charge in [-0.1, -0.05) is 48.0 Å². The summed E-state index contributed by atoms with van der Waals surface area (Å²) in [4.78, 5) is 2.61. The van der Waals surface area contributed by atoms with Gasteiger partial charge in [-0.2, -0.15) is 4.31 Å². The molecule has 0 saturated carbocycles. The number of benzene rings is 2. The lowest BCUT2D eigenvalue weighted by atomic mass is 10.2. The van der Waals surface area contributed by atoms with Gasteiger partial charge in [0.15, 0.2) is 0 Å². The first-order chi connectivity index (χ1) is 14.1. The third-order valence-corrected chi connectivity index (χ3v) is 6.89. The Balaban J connectivity index is 1.58. The summed E-state index contributed by atoms with van der Waals surface area (Å²) in [5.41, 5.74) is 2.29. The number of ether oxygens (including phenoxy) is 2. The van der Waals surface area contributed by atoms with Crippen molar-refractivity contribution in [3.63, 3.8) is 0 Å². The van der Waals surface area contributed by atoms with Crippen molar-refractivity contribution in [2.75, 3.05) is 52.6 Å². The van der Waals surface area contributed by atoms with Gasteiger partial charge in [-0.3, -0.25) is 4.90 Å². The molecule has 0 radical (unpaired) electrons. The summed E-state index contributed by atoms with van der Waals surface area (Å²) in [6, 6.07) is 17.3. The molecule has 6 nitrogen and oxygen atoms in total. The fourth-order valence-corrected chi connectivity index (χ4v) is 4.66. The summed E-state index contributed by atoms with van der Waals surface area (Å²) in [5.74, 6) is 0. The van der Waals surface area contributed by atoms with Crippen LogP contribution >= 0.6 is 0 Å². The molecule has 2 aromatic rings. The summed E-state index contributed by atoms with van der Waals surface area (Å²) in [6.07, 6.45) is 0. The van der Waals surface area contributed by atoms with Crippen molar-refractivity contribution in [1.82, 2.24) is 9.21 Å². The van der Waals surface area contributed by atoms with Gasteiger partial charge in [0, 0.05) is 32.7 Å². The van der Waals surface area contributed by atoms with Crippen LogP contribution in [0.3, 0.4) is 0 Å². The van der Waals surface area contributed by atoms with E-state index in [0.29, 0.717) is 44.4 Å². The average Bonchev–Trinajstić information content (AvgIpc) is 2.71. The van der Waals surface area contributed by atoms with Crippen LogP contribution in [0, 0.1) is 6.92 Å². The van der Waals surface area contributed by atoms with Gasteiger partial charge in [0.05, 0.1) is 31.3 Å². The summed E-state index contributed by atoms with van der Waals surface area (Å²) < 4.78 is 38.9. The summed E-state index contributed by atoms with van der Waals surface area (Å²) >= 11 is 0. The third kappa shape index (κ3) is 6.62. The molecule has 1 heterocycles. The van der Waals surface area contributed by atoms with Gasteiger partial charge in [-0.25, -0.2) is 8.42 Å². The molecule has 29 heavy (non-hydrogen) atoms. The van der Waals surface area contributed by atoms with Crippen LogP contribution in [-0.2, 0) is 26.0 Å². The van der Waals surface area contributed by atoms with Crippen molar-refractivity contribution in [3.8, 4) is 0 Å². The predicted molar refractivity (Wildman–Crippen MR) is 113 cm³/mol. The van der Waals surface area contributed by atoms with E-state index < -0.39 is 10.0 Å². The molecular weight excluding hydrogens is 388 g/mol. The van der Waals surface area contributed by atoms with Crippen molar-refractivity contribution >= 4 is 10.0 Å². The molecule has 1 aliphatic heterocycles. The minimum atomic E-state index is -3.56. The third-order valence-electron chi connectivity index (χ3n) is 4.98. The van der Waals surface area contributed by atoms with E-state index in [9.17, 15) is 8.42 Å². The molecule has 0 atom stereocenters. The molecule has 0 amide bonds. The van der Waals surface area contributed by atoms with Crippen LogP contribution in [0.25, 0.3) is 0 Å². The van der Waals surface area contributed by atoms with Crippen LogP contribution < -0.4 is 0 Å². The maximum atomic E-state index is 13.0. The summed E-state index contributed by atoms with van der Waals surface area (Å²) in [5, 5.41) is 0. The molecule has 0 aromatic heterocycles. The highest BCUT2D eigenvalue weighted by atomic mass is 32.2. The topological polar surface area (TPSA) is 59.1 Å². The van der Waals surface area contributed by atoms with Gasteiger partial charge in [-0.05, 0) is 24.6 Å². The Morgan fingerprint density at radius 1 is 0.793 bits per heavy atom. The highest BCUT2D eigenvalue weighted by Crippen LogP contribution is 2.16. The maximum absolute atomic E-state index is 13.0.